The predicted molar refractivity (Wildman–Crippen MR) is 86.2 cm³/mol. The van der Waals surface area contributed by atoms with Crippen molar-refractivity contribution < 1.29 is 0 Å². The summed E-state index contributed by atoms with van der Waals surface area (Å²) in [6, 6.07) is 9.27. The number of rotatable bonds is 4. The van der Waals surface area contributed by atoms with Crippen LogP contribution in [0.4, 0.5) is 5.82 Å². The second-order valence-electron chi connectivity index (χ2n) is 4.46. The molecule has 0 amide bonds. The van der Waals surface area contributed by atoms with Gasteiger partial charge in [-0.15, -0.1) is 0 Å². The van der Waals surface area contributed by atoms with Gasteiger partial charge in [0.1, 0.15) is 12.4 Å². The number of nitroso groups, excluding NO2 is 1. The molecule has 110 valence electrons. The number of hydrogen-bond acceptors (Lipinski definition) is 6. The number of nitrogen functional groups attached to an aromatic ring is 1. The predicted octanol–water partition coefficient (Wildman–Crippen LogP) is 2.94. The van der Waals surface area contributed by atoms with Gasteiger partial charge in [0, 0.05) is 22.4 Å². The Morgan fingerprint density at radius 2 is 1.86 bits per heavy atom. The van der Waals surface area contributed by atoms with Crippen molar-refractivity contribution in [1.82, 2.24) is 19.7 Å². The van der Waals surface area contributed by atoms with Crippen molar-refractivity contribution in [2.45, 2.75) is 6.54 Å². The van der Waals surface area contributed by atoms with Gasteiger partial charge in [-0.05, 0) is 23.8 Å². The van der Waals surface area contributed by atoms with Crippen LogP contribution in [0.1, 0.15) is 5.69 Å². The smallest absolute Gasteiger partial charge is 0.252 e. The lowest BCUT2D eigenvalue weighted by atomic mass is 10.1. The van der Waals surface area contributed by atoms with E-state index in [0.29, 0.717) is 23.0 Å². The van der Waals surface area contributed by atoms with E-state index >= 15 is 0 Å². The van der Waals surface area contributed by atoms with Crippen LogP contribution >= 0.6 is 15.9 Å². The fourth-order valence-electron chi connectivity index (χ4n) is 2.13. The number of nitrogens with two attached hydrogens (primary N) is 1. The second-order valence-corrected chi connectivity index (χ2v) is 5.38. The van der Waals surface area contributed by atoms with Gasteiger partial charge in [-0.1, -0.05) is 33.2 Å². The average Bonchev–Trinajstić information content (AvgIpc) is 2.86. The van der Waals surface area contributed by atoms with Crippen molar-refractivity contribution in [3.8, 4) is 17.1 Å². The van der Waals surface area contributed by atoms with E-state index in [1.165, 1.54) is 4.68 Å². The SMILES string of the molecule is Nc1c(-c2ccc(Br)cc2)c(CN=O)nn1-c1ncccn1. The van der Waals surface area contributed by atoms with Gasteiger partial charge >= 0.3 is 0 Å². The lowest BCUT2D eigenvalue weighted by molar-refractivity contribution is 0.787. The summed E-state index contributed by atoms with van der Waals surface area (Å²) in [5.74, 6) is 0.711. The summed E-state index contributed by atoms with van der Waals surface area (Å²) in [6.45, 7) is -0.0740. The molecule has 0 radical (unpaired) electrons. The highest BCUT2D eigenvalue weighted by atomic mass is 79.9. The van der Waals surface area contributed by atoms with Crippen LogP contribution in [0, 0.1) is 4.91 Å². The monoisotopic (exact) mass is 358 g/mol. The zero-order valence-electron chi connectivity index (χ0n) is 11.3. The fourth-order valence-corrected chi connectivity index (χ4v) is 2.40. The van der Waals surface area contributed by atoms with Crippen molar-refractivity contribution in [2.24, 2.45) is 5.18 Å². The van der Waals surface area contributed by atoms with Gasteiger partial charge in [-0.25, -0.2) is 9.97 Å². The molecular formula is C14H11BrN6O. The number of anilines is 1. The zero-order valence-corrected chi connectivity index (χ0v) is 12.9. The summed E-state index contributed by atoms with van der Waals surface area (Å²) >= 11 is 3.39. The van der Waals surface area contributed by atoms with Gasteiger partial charge in [0.15, 0.2) is 0 Å². The van der Waals surface area contributed by atoms with Gasteiger partial charge < -0.3 is 5.73 Å². The highest BCUT2D eigenvalue weighted by molar-refractivity contribution is 9.10. The van der Waals surface area contributed by atoms with Crippen molar-refractivity contribution in [3.63, 3.8) is 0 Å². The minimum Gasteiger partial charge on any atom is -0.383 e. The number of aromatic nitrogens is 4. The van der Waals surface area contributed by atoms with Gasteiger partial charge in [0.05, 0.1) is 5.69 Å². The van der Waals surface area contributed by atoms with Crippen LogP contribution in [-0.2, 0) is 6.54 Å². The Morgan fingerprint density at radius 3 is 2.50 bits per heavy atom. The van der Waals surface area contributed by atoms with Crippen LogP contribution in [0.15, 0.2) is 52.4 Å². The molecule has 0 fully saturated rings. The molecule has 0 aliphatic heterocycles. The maximum Gasteiger partial charge on any atom is 0.252 e. The number of hydrogen-bond donors (Lipinski definition) is 1. The molecule has 2 heterocycles. The van der Waals surface area contributed by atoms with Crippen LogP contribution in [0.25, 0.3) is 17.1 Å². The first kappa shape index (κ1) is 14.3. The summed E-state index contributed by atoms with van der Waals surface area (Å²) < 4.78 is 2.36. The molecule has 7 nitrogen and oxygen atoms in total. The van der Waals surface area contributed by atoms with E-state index in [1.54, 1.807) is 18.5 Å². The highest BCUT2D eigenvalue weighted by Gasteiger charge is 2.19. The number of nitrogens with zero attached hydrogens (tertiary/aromatic N) is 5. The molecule has 0 atom stereocenters. The first-order valence-corrected chi connectivity index (χ1v) is 7.20. The standard InChI is InChI=1S/C14H11BrN6O/c15-10-4-2-9(3-5-10)12-11(8-19-22)20-21(13(12)16)14-17-6-1-7-18-14/h1-7H,8,16H2. The lowest BCUT2D eigenvalue weighted by Gasteiger charge is -2.04. The molecule has 2 aromatic heterocycles. The molecule has 22 heavy (non-hydrogen) atoms. The summed E-state index contributed by atoms with van der Waals surface area (Å²) in [4.78, 5) is 18.9. The Bertz CT molecular complexity index is 800. The van der Waals surface area contributed by atoms with E-state index in [4.69, 9.17) is 5.73 Å². The summed E-state index contributed by atoms with van der Waals surface area (Å²) in [5.41, 5.74) is 8.20. The molecule has 0 spiro atoms. The summed E-state index contributed by atoms with van der Waals surface area (Å²) in [5, 5.41) is 7.26. The lowest BCUT2D eigenvalue weighted by Crippen LogP contribution is -2.06. The molecule has 3 aromatic rings. The van der Waals surface area contributed by atoms with E-state index < -0.39 is 0 Å². The molecule has 2 N–H and O–H groups in total. The third-order valence-electron chi connectivity index (χ3n) is 3.08. The van der Waals surface area contributed by atoms with Crippen LogP contribution < -0.4 is 5.73 Å². The maximum absolute atomic E-state index is 10.7. The second kappa shape index (κ2) is 6.02. The van der Waals surface area contributed by atoms with Crippen LogP contribution in [0.5, 0.6) is 0 Å². The van der Waals surface area contributed by atoms with E-state index in [-0.39, 0.29) is 6.54 Å². The number of halogens is 1. The molecule has 0 saturated heterocycles. The molecule has 8 heteroatoms. The summed E-state index contributed by atoms with van der Waals surface area (Å²) in [6.07, 6.45) is 3.20. The largest absolute Gasteiger partial charge is 0.383 e. The minimum absolute atomic E-state index is 0.0740. The Hall–Kier alpha value is -2.61. The molecule has 0 bridgehead atoms. The van der Waals surface area contributed by atoms with Crippen LogP contribution in [0.3, 0.4) is 0 Å². The quantitative estimate of drug-likeness (QED) is 0.722. The first-order valence-electron chi connectivity index (χ1n) is 6.40. The van der Waals surface area contributed by atoms with Crippen molar-refractivity contribution in [1.29, 1.82) is 0 Å². The molecule has 0 saturated carbocycles. The Morgan fingerprint density at radius 1 is 1.18 bits per heavy atom. The fraction of sp³-hybridized carbons (Fsp3) is 0.0714. The van der Waals surface area contributed by atoms with Crippen molar-refractivity contribution in [2.75, 3.05) is 5.73 Å². The van der Waals surface area contributed by atoms with Crippen molar-refractivity contribution >= 4 is 21.7 Å². The van der Waals surface area contributed by atoms with Gasteiger partial charge in [0.25, 0.3) is 5.95 Å². The minimum atomic E-state index is -0.0740. The average molecular weight is 359 g/mol. The Kier molecular flexibility index (Phi) is 3.92. The maximum atomic E-state index is 10.7. The van der Waals surface area contributed by atoms with E-state index in [2.05, 4.69) is 36.2 Å². The molecular weight excluding hydrogens is 348 g/mol. The van der Waals surface area contributed by atoms with Crippen molar-refractivity contribution in [3.05, 3.63) is 57.8 Å². The van der Waals surface area contributed by atoms with E-state index in [0.717, 1.165) is 10.0 Å². The number of benzene rings is 1. The molecule has 0 unspecified atom stereocenters. The molecule has 0 aliphatic carbocycles. The molecule has 1 aromatic carbocycles. The highest BCUT2D eigenvalue weighted by Crippen LogP contribution is 2.32. The Balaban J connectivity index is 2.18. The van der Waals surface area contributed by atoms with Gasteiger partial charge in [-0.3, -0.25) is 0 Å². The van der Waals surface area contributed by atoms with Gasteiger partial charge in [-0.2, -0.15) is 14.7 Å². The van der Waals surface area contributed by atoms with Gasteiger partial charge in [0.2, 0.25) is 0 Å². The van der Waals surface area contributed by atoms with Crippen LogP contribution in [-0.4, -0.2) is 19.7 Å². The Labute approximate surface area is 134 Å². The third-order valence-corrected chi connectivity index (χ3v) is 3.61. The van der Waals surface area contributed by atoms with E-state index in [9.17, 15) is 4.91 Å². The molecule has 0 aliphatic rings. The van der Waals surface area contributed by atoms with Crippen LogP contribution in [0.2, 0.25) is 0 Å². The van der Waals surface area contributed by atoms with E-state index in [1.807, 2.05) is 24.3 Å². The zero-order chi connectivity index (χ0) is 15.5. The summed E-state index contributed by atoms with van der Waals surface area (Å²) in [7, 11) is 0. The third kappa shape index (κ3) is 2.60. The molecule has 3 rings (SSSR count). The topological polar surface area (TPSA) is 99.1 Å². The normalized spacial score (nSPS) is 10.6. The first-order chi connectivity index (χ1) is 10.7.